The second-order valence-corrected chi connectivity index (χ2v) is 7.42. The molecule has 5 nitrogen and oxygen atoms in total. The van der Waals surface area contributed by atoms with Crippen molar-refractivity contribution in [3.8, 4) is 10.4 Å². The minimum Gasteiger partial charge on any atom is -0.381 e. The van der Waals surface area contributed by atoms with Gasteiger partial charge in [-0.2, -0.15) is 0 Å². The Hall–Kier alpha value is -2.02. The number of aromatic nitrogens is 2. The van der Waals surface area contributed by atoms with E-state index in [-0.39, 0.29) is 11.8 Å². The lowest BCUT2D eigenvalue weighted by molar-refractivity contribution is -0.123. The molecular weight excluding hydrogens is 358 g/mol. The first kappa shape index (κ1) is 16.4. The van der Waals surface area contributed by atoms with E-state index in [9.17, 15) is 4.79 Å². The molecule has 25 heavy (non-hydrogen) atoms. The Labute approximate surface area is 154 Å². The summed E-state index contributed by atoms with van der Waals surface area (Å²) in [6, 6.07) is 7.92. The zero-order valence-electron chi connectivity index (χ0n) is 13.4. The molecule has 0 spiro atoms. The minimum absolute atomic E-state index is 0.0167. The zero-order valence-corrected chi connectivity index (χ0v) is 14.9. The van der Waals surface area contributed by atoms with Gasteiger partial charge in [-0.25, -0.2) is 9.97 Å². The Morgan fingerprint density at radius 2 is 2.16 bits per heavy atom. The molecule has 0 aliphatic carbocycles. The van der Waals surface area contributed by atoms with E-state index in [4.69, 9.17) is 16.3 Å². The molecular formula is C18H16ClN3O2S. The summed E-state index contributed by atoms with van der Waals surface area (Å²) in [6.07, 6.45) is 5.33. The zero-order chi connectivity index (χ0) is 17.2. The Morgan fingerprint density at radius 3 is 3.00 bits per heavy atom. The van der Waals surface area contributed by atoms with Crippen molar-refractivity contribution >= 4 is 44.7 Å². The highest BCUT2D eigenvalue weighted by molar-refractivity contribution is 7.19. The molecule has 0 saturated carbocycles. The smallest absolute Gasteiger partial charge is 0.231 e. The second kappa shape index (κ2) is 7.07. The average Bonchev–Trinajstić information content (AvgIpc) is 3.10. The van der Waals surface area contributed by atoms with Crippen LogP contribution in [0, 0.1) is 5.92 Å². The van der Waals surface area contributed by atoms with E-state index < -0.39 is 0 Å². The topological polar surface area (TPSA) is 64.1 Å². The van der Waals surface area contributed by atoms with E-state index in [1.165, 1.54) is 11.3 Å². The number of fused-ring (bicyclic) bond motifs is 1. The molecule has 3 heterocycles. The molecule has 1 amide bonds. The van der Waals surface area contributed by atoms with Crippen LogP contribution in [0.1, 0.15) is 12.8 Å². The van der Waals surface area contributed by atoms with Crippen molar-refractivity contribution in [2.45, 2.75) is 12.8 Å². The highest BCUT2D eigenvalue weighted by atomic mass is 35.5. The van der Waals surface area contributed by atoms with E-state index in [0.717, 1.165) is 40.7 Å². The predicted octanol–water partition coefficient (Wildman–Crippen LogP) is 4.38. The summed E-state index contributed by atoms with van der Waals surface area (Å²) in [5, 5.41) is 6.04. The molecule has 1 aliphatic heterocycles. The molecule has 7 heteroatoms. The van der Waals surface area contributed by atoms with Gasteiger partial charge in [-0.3, -0.25) is 4.79 Å². The van der Waals surface area contributed by atoms with Gasteiger partial charge in [0.25, 0.3) is 0 Å². The molecule has 1 aromatic carbocycles. The number of anilines is 1. The third-order valence-corrected chi connectivity index (χ3v) is 5.41. The van der Waals surface area contributed by atoms with Crippen LogP contribution in [0.15, 0.2) is 36.7 Å². The number of rotatable bonds is 3. The normalized spacial score (nSPS) is 17.6. The van der Waals surface area contributed by atoms with Crippen molar-refractivity contribution in [2.24, 2.45) is 5.92 Å². The molecule has 0 radical (unpaired) electrons. The van der Waals surface area contributed by atoms with Crippen LogP contribution in [-0.4, -0.2) is 29.1 Å². The molecule has 0 bridgehead atoms. The second-order valence-electron chi connectivity index (χ2n) is 6.00. The molecule has 0 unspecified atom stereocenters. The van der Waals surface area contributed by atoms with Crippen molar-refractivity contribution in [1.82, 2.24) is 9.97 Å². The van der Waals surface area contributed by atoms with Crippen LogP contribution in [0.3, 0.4) is 0 Å². The number of ether oxygens (including phenoxy) is 1. The van der Waals surface area contributed by atoms with E-state index in [1.807, 2.05) is 18.2 Å². The lowest BCUT2D eigenvalue weighted by Gasteiger charge is -2.20. The number of nitrogens with one attached hydrogen (secondary N) is 1. The molecule has 2 aromatic heterocycles. The van der Waals surface area contributed by atoms with Gasteiger partial charge >= 0.3 is 0 Å². The number of amides is 1. The first-order valence-electron chi connectivity index (χ1n) is 8.09. The molecule has 128 valence electrons. The number of benzene rings is 1. The molecule has 1 fully saturated rings. The summed E-state index contributed by atoms with van der Waals surface area (Å²) < 4.78 is 5.37. The van der Waals surface area contributed by atoms with E-state index in [1.54, 1.807) is 12.4 Å². The Kier molecular flexibility index (Phi) is 4.65. The Bertz CT molecular complexity index is 922. The van der Waals surface area contributed by atoms with Gasteiger partial charge in [-0.15, -0.1) is 0 Å². The molecule has 3 aromatic rings. The van der Waals surface area contributed by atoms with Gasteiger partial charge < -0.3 is 10.1 Å². The van der Waals surface area contributed by atoms with E-state index >= 15 is 0 Å². The summed E-state index contributed by atoms with van der Waals surface area (Å²) in [4.78, 5) is 21.7. The summed E-state index contributed by atoms with van der Waals surface area (Å²) in [5.74, 6) is -0.103. The number of carbonyl (C=O) groups is 1. The van der Waals surface area contributed by atoms with Crippen LogP contribution in [-0.2, 0) is 9.53 Å². The lowest BCUT2D eigenvalue weighted by atomic mass is 10.0. The first-order chi connectivity index (χ1) is 12.2. The van der Waals surface area contributed by atoms with Gasteiger partial charge in [0, 0.05) is 24.4 Å². The maximum absolute atomic E-state index is 12.3. The number of hydrogen-bond donors (Lipinski definition) is 1. The van der Waals surface area contributed by atoms with Gasteiger partial charge in [-0.1, -0.05) is 35.1 Å². The molecule has 1 saturated heterocycles. The SMILES string of the molecule is O=C(Nc1ncc(-c2ccc3cnc(Cl)cc3c2)s1)[C@@H]1CCCOC1. The summed E-state index contributed by atoms with van der Waals surface area (Å²) >= 11 is 7.43. The minimum atomic E-state index is -0.0867. The lowest BCUT2D eigenvalue weighted by Crippen LogP contribution is -2.30. The van der Waals surface area contributed by atoms with Gasteiger partial charge in [0.1, 0.15) is 5.15 Å². The van der Waals surface area contributed by atoms with Crippen molar-refractivity contribution < 1.29 is 9.53 Å². The van der Waals surface area contributed by atoms with Crippen molar-refractivity contribution in [3.05, 3.63) is 41.8 Å². The van der Waals surface area contributed by atoms with Crippen molar-refractivity contribution in [3.63, 3.8) is 0 Å². The first-order valence-corrected chi connectivity index (χ1v) is 9.28. The van der Waals surface area contributed by atoms with E-state index in [0.29, 0.717) is 16.9 Å². The fraction of sp³-hybridized carbons (Fsp3) is 0.278. The van der Waals surface area contributed by atoms with Gasteiger partial charge in [0.15, 0.2) is 5.13 Å². The Balaban J connectivity index is 1.53. The number of carbonyl (C=O) groups excluding carboxylic acids is 1. The van der Waals surface area contributed by atoms with Crippen LogP contribution >= 0.6 is 22.9 Å². The van der Waals surface area contributed by atoms with Gasteiger partial charge in [-0.05, 0) is 35.9 Å². The maximum atomic E-state index is 12.3. The van der Waals surface area contributed by atoms with Crippen LogP contribution in [0.5, 0.6) is 0 Å². The highest BCUT2D eigenvalue weighted by Gasteiger charge is 2.22. The summed E-state index contributed by atoms with van der Waals surface area (Å²) in [7, 11) is 0. The van der Waals surface area contributed by atoms with E-state index in [2.05, 4.69) is 21.4 Å². The summed E-state index contributed by atoms with van der Waals surface area (Å²) in [5.41, 5.74) is 1.04. The van der Waals surface area contributed by atoms with Crippen molar-refractivity contribution in [2.75, 3.05) is 18.5 Å². The largest absolute Gasteiger partial charge is 0.381 e. The number of halogens is 1. The molecule has 1 N–H and O–H groups in total. The average molecular weight is 374 g/mol. The number of thiazole rings is 1. The van der Waals surface area contributed by atoms with Crippen LogP contribution in [0.4, 0.5) is 5.13 Å². The molecule has 1 aliphatic rings. The predicted molar refractivity (Wildman–Crippen MR) is 100 cm³/mol. The van der Waals surface area contributed by atoms with Crippen LogP contribution in [0.2, 0.25) is 5.15 Å². The van der Waals surface area contributed by atoms with Crippen LogP contribution in [0.25, 0.3) is 21.2 Å². The Morgan fingerprint density at radius 1 is 1.24 bits per heavy atom. The number of nitrogens with zero attached hydrogens (tertiary/aromatic N) is 2. The molecule has 4 rings (SSSR count). The van der Waals surface area contributed by atoms with Crippen molar-refractivity contribution in [1.29, 1.82) is 0 Å². The van der Waals surface area contributed by atoms with Gasteiger partial charge in [0.2, 0.25) is 5.91 Å². The number of pyridine rings is 1. The van der Waals surface area contributed by atoms with Crippen LogP contribution < -0.4 is 5.32 Å². The highest BCUT2D eigenvalue weighted by Crippen LogP contribution is 2.32. The third kappa shape index (κ3) is 3.66. The fourth-order valence-electron chi connectivity index (χ4n) is 2.89. The maximum Gasteiger partial charge on any atom is 0.231 e. The summed E-state index contributed by atoms with van der Waals surface area (Å²) in [6.45, 7) is 1.23. The van der Waals surface area contributed by atoms with Gasteiger partial charge in [0.05, 0.1) is 17.4 Å². The fourth-order valence-corrected chi connectivity index (χ4v) is 3.87. The number of hydrogen-bond acceptors (Lipinski definition) is 5. The standard InChI is InChI=1S/C18H16ClN3O2S/c19-16-7-14-6-11(3-4-12(14)8-20-16)15-9-21-18(25-15)22-17(23)13-2-1-5-24-10-13/h3-4,6-9,13H,1-2,5,10H2,(H,21,22,23)/t13-/m1/s1. The third-order valence-electron chi connectivity index (χ3n) is 4.24. The molecule has 1 atom stereocenters. The monoisotopic (exact) mass is 373 g/mol. The quantitative estimate of drug-likeness (QED) is 0.692.